The molecule has 0 saturated heterocycles. The number of nitrogens with zero attached hydrogens (tertiary/aromatic N) is 1. The number of aromatic nitrogens is 1. The second-order valence-corrected chi connectivity index (χ2v) is 12.5. The van der Waals surface area contributed by atoms with Crippen molar-refractivity contribution in [3.63, 3.8) is 0 Å². The van der Waals surface area contributed by atoms with Gasteiger partial charge in [0.2, 0.25) is 0 Å². The minimum Gasteiger partial charge on any atom is -0.256 e. The van der Waals surface area contributed by atoms with E-state index in [1.807, 2.05) is 11.8 Å². The van der Waals surface area contributed by atoms with Gasteiger partial charge in [0.15, 0.2) is 0 Å². The predicted molar refractivity (Wildman–Crippen MR) is 170 cm³/mol. The van der Waals surface area contributed by atoms with Gasteiger partial charge in [0, 0.05) is 37.6 Å². The molecular weight excluding hydrogens is 502 g/mol. The smallest absolute Gasteiger partial charge is 0.0708 e. The van der Waals surface area contributed by atoms with Crippen molar-refractivity contribution in [2.45, 2.75) is 41.9 Å². The van der Waals surface area contributed by atoms with E-state index in [-0.39, 0.29) is 5.41 Å². The Balaban J connectivity index is 1.42. The van der Waals surface area contributed by atoms with Gasteiger partial charge in [-0.15, -0.1) is 0 Å². The first-order chi connectivity index (χ1) is 19.6. The summed E-state index contributed by atoms with van der Waals surface area (Å²) in [5.41, 5.74) is 9.15. The number of pyridine rings is 1. The quantitative estimate of drug-likeness (QED) is 0.212. The molecule has 192 valence electrons. The second kappa shape index (κ2) is 8.94. The highest BCUT2D eigenvalue weighted by Gasteiger charge is 2.35. The normalized spacial score (nSPS) is 14.8. The van der Waals surface area contributed by atoms with Crippen LogP contribution in [-0.4, -0.2) is 4.98 Å². The number of benzene rings is 5. The Kier molecular flexibility index (Phi) is 5.30. The fraction of sp³-hybridized carbons (Fsp3) is 0.132. The molecule has 2 aliphatic rings. The highest BCUT2D eigenvalue weighted by Crippen LogP contribution is 2.50. The minimum absolute atomic E-state index is 0.0162. The topological polar surface area (TPSA) is 12.9 Å². The first-order valence-corrected chi connectivity index (χ1v) is 14.9. The molecule has 2 heteroatoms. The molecule has 0 spiro atoms. The van der Waals surface area contributed by atoms with Crippen molar-refractivity contribution < 1.29 is 0 Å². The average Bonchev–Trinajstić information content (AvgIpc) is 3.23. The Bertz CT molecular complexity index is 2100. The van der Waals surface area contributed by atoms with Gasteiger partial charge in [-0.05, 0) is 74.9 Å². The summed E-state index contributed by atoms with van der Waals surface area (Å²) >= 11 is 1.92. The zero-order valence-electron chi connectivity index (χ0n) is 22.7. The van der Waals surface area contributed by atoms with Crippen molar-refractivity contribution in [2.24, 2.45) is 0 Å². The Hall–Kier alpha value is -4.14. The lowest BCUT2D eigenvalue weighted by Crippen LogP contribution is -2.31. The first kappa shape index (κ1) is 23.7. The fourth-order valence-electron chi connectivity index (χ4n) is 6.87. The van der Waals surface area contributed by atoms with Crippen LogP contribution >= 0.6 is 11.8 Å². The van der Waals surface area contributed by atoms with Gasteiger partial charge >= 0.3 is 0 Å². The lowest BCUT2D eigenvalue weighted by Gasteiger charge is -2.22. The third kappa shape index (κ3) is 3.46. The summed E-state index contributed by atoms with van der Waals surface area (Å²) in [6.45, 7) is 4.72. The van der Waals surface area contributed by atoms with Crippen molar-refractivity contribution in [1.29, 1.82) is 0 Å². The zero-order valence-corrected chi connectivity index (χ0v) is 23.6. The minimum atomic E-state index is -0.0162. The Morgan fingerprint density at radius 1 is 0.675 bits per heavy atom. The largest absolute Gasteiger partial charge is 0.256 e. The predicted octanol–water partition coefficient (Wildman–Crippen LogP) is 8.87. The van der Waals surface area contributed by atoms with Crippen LogP contribution in [-0.2, 0) is 5.41 Å². The maximum absolute atomic E-state index is 4.95. The molecule has 0 radical (unpaired) electrons. The van der Waals surface area contributed by atoms with E-state index in [1.165, 1.54) is 69.8 Å². The molecule has 5 aromatic carbocycles. The van der Waals surface area contributed by atoms with E-state index in [4.69, 9.17) is 4.98 Å². The second-order valence-electron chi connectivity index (χ2n) is 11.4. The van der Waals surface area contributed by atoms with E-state index in [0.717, 1.165) is 18.4 Å². The summed E-state index contributed by atoms with van der Waals surface area (Å²) in [5.74, 6) is 0. The van der Waals surface area contributed by atoms with Crippen molar-refractivity contribution in [2.75, 3.05) is 0 Å². The zero-order chi connectivity index (χ0) is 26.8. The summed E-state index contributed by atoms with van der Waals surface area (Å²) in [5, 5.41) is 6.46. The molecule has 1 nitrogen and oxygen atoms in total. The van der Waals surface area contributed by atoms with Gasteiger partial charge in [-0.25, -0.2) is 0 Å². The van der Waals surface area contributed by atoms with Crippen LogP contribution < -0.4 is 10.4 Å². The van der Waals surface area contributed by atoms with E-state index in [9.17, 15) is 0 Å². The molecule has 1 heterocycles. The molecule has 0 saturated carbocycles. The Labute approximate surface area is 238 Å². The SMILES string of the molecule is CC1(C)c2ccccc2-c2ccc(Sc3c4c(c(-c5ccccc5)c5cnc6ccccc6c35)=CCCC=4)cc21. The van der Waals surface area contributed by atoms with Gasteiger partial charge < -0.3 is 0 Å². The monoisotopic (exact) mass is 531 g/mol. The molecule has 8 rings (SSSR count). The van der Waals surface area contributed by atoms with Crippen molar-refractivity contribution in [3.05, 3.63) is 125 Å². The van der Waals surface area contributed by atoms with Crippen LogP contribution in [0.5, 0.6) is 0 Å². The molecule has 2 aliphatic carbocycles. The average molecular weight is 532 g/mol. The maximum atomic E-state index is 4.95. The third-order valence-corrected chi connectivity index (χ3v) is 9.89. The van der Waals surface area contributed by atoms with Crippen molar-refractivity contribution in [1.82, 2.24) is 4.98 Å². The fourth-order valence-corrected chi connectivity index (χ4v) is 8.04. The van der Waals surface area contributed by atoms with Crippen molar-refractivity contribution in [3.8, 4) is 22.3 Å². The van der Waals surface area contributed by atoms with Crippen LogP contribution in [0.3, 0.4) is 0 Å². The highest BCUT2D eigenvalue weighted by atomic mass is 32.2. The van der Waals surface area contributed by atoms with Gasteiger partial charge in [0.25, 0.3) is 0 Å². The van der Waals surface area contributed by atoms with E-state index in [0.29, 0.717) is 0 Å². The molecule has 1 aromatic heterocycles. The summed E-state index contributed by atoms with van der Waals surface area (Å²) in [6, 6.07) is 35.4. The number of hydrogen-bond donors (Lipinski definition) is 0. The summed E-state index contributed by atoms with van der Waals surface area (Å²) in [4.78, 5) is 7.58. The Morgan fingerprint density at radius 3 is 2.27 bits per heavy atom. The van der Waals surface area contributed by atoms with Crippen LogP contribution in [0.1, 0.15) is 37.8 Å². The van der Waals surface area contributed by atoms with Crippen LogP contribution in [0.4, 0.5) is 0 Å². The molecule has 0 atom stereocenters. The van der Waals surface area contributed by atoms with E-state index >= 15 is 0 Å². The molecule has 0 unspecified atom stereocenters. The van der Waals surface area contributed by atoms with Gasteiger partial charge in [0.05, 0.1) is 5.52 Å². The standard InChI is InChI=1S/C38H29NS/c1-38(2)32-18-10-8-14-26(32)27-21-20-25(22-33(27)38)40-37-29-16-7-6-15-28(29)35(24-12-4-3-5-13-24)31-23-39-34-19-11-9-17-30(34)36(31)37/h3-5,8-23H,6-7H2,1-2H3. The number of fused-ring (bicyclic) bond motifs is 7. The molecular formula is C38H29NS. The summed E-state index contributed by atoms with van der Waals surface area (Å²) < 4.78 is 0. The van der Waals surface area contributed by atoms with Crippen molar-refractivity contribution >= 4 is 45.6 Å². The number of hydrogen-bond acceptors (Lipinski definition) is 2. The third-order valence-electron chi connectivity index (χ3n) is 8.78. The van der Waals surface area contributed by atoms with E-state index in [1.54, 1.807) is 0 Å². The molecule has 0 amide bonds. The molecule has 40 heavy (non-hydrogen) atoms. The molecule has 0 bridgehead atoms. The lowest BCUT2D eigenvalue weighted by atomic mass is 9.82. The van der Waals surface area contributed by atoms with Crippen LogP contribution in [0.2, 0.25) is 0 Å². The molecule has 0 N–H and O–H groups in total. The lowest BCUT2D eigenvalue weighted by molar-refractivity contribution is 0.658. The maximum Gasteiger partial charge on any atom is 0.0708 e. The van der Waals surface area contributed by atoms with Gasteiger partial charge in [-0.1, -0.05) is 117 Å². The Morgan fingerprint density at radius 2 is 1.40 bits per heavy atom. The molecule has 6 aromatic rings. The summed E-state index contributed by atoms with van der Waals surface area (Å²) in [6.07, 6.45) is 9.14. The van der Waals surface area contributed by atoms with E-state index < -0.39 is 0 Å². The van der Waals surface area contributed by atoms with Crippen LogP contribution in [0.25, 0.3) is 56.1 Å². The van der Waals surface area contributed by atoms with Crippen LogP contribution in [0.15, 0.2) is 113 Å². The number of para-hydroxylation sites is 1. The van der Waals surface area contributed by atoms with Gasteiger partial charge in [-0.2, -0.15) is 0 Å². The highest BCUT2D eigenvalue weighted by molar-refractivity contribution is 7.99. The van der Waals surface area contributed by atoms with Gasteiger partial charge in [0.1, 0.15) is 0 Å². The van der Waals surface area contributed by atoms with Gasteiger partial charge in [-0.3, -0.25) is 4.98 Å². The first-order valence-electron chi connectivity index (χ1n) is 14.1. The van der Waals surface area contributed by atoms with Crippen LogP contribution in [0, 0.1) is 0 Å². The number of rotatable bonds is 3. The summed E-state index contributed by atoms with van der Waals surface area (Å²) in [7, 11) is 0. The molecule has 0 aliphatic heterocycles. The molecule has 0 fully saturated rings. The van der Waals surface area contributed by atoms with E-state index in [2.05, 4.69) is 129 Å².